The van der Waals surface area contributed by atoms with Crippen LogP contribution in [0.2, 0.25) is 0 Å². The van der Waals surface area contributed by atoms with Crippen LogP contribution in [0, 0.1) is 6.92 Å². The Morgan fingerprint density at radius 3 is 2.85 bits per heavy atom. The highest BCUT2D eigenvalue weighted by Crippen LogP contribution is 2.19. The number of aryl methyl sites for hydroxylation is 1. The minimum Gasteiger partial charge on any atom is -0.378 e. The van der Waals surface area contributed by atoms with Gasteiger partial charge in [0.25, 0.3) is 0 Å². The fraction of sp³-hybridized carbons (Fsp3) is 0.286. The van der Waals surface area contributed by atoms with Crippen molar-refractivity contribution in [1.82, 2.24) is 10.3 Å². The number of anilines is 2. The van der Waals surface area contributed by atoms with Gasteiger partial charge in [-0.05, 0) is 30.0 Å². The molecule has 0 spiro atoms. The Bertz CT molecular complexity index is 594. The van der Waals surface area contributed by atoms with Crippen LogP contribution in [0.1, 0.15) is 11.3 Å². The molecule has 0 aliphatic heterocycles. The summed E-state index contributed by atoms with van der Waals surface area (Å²) in [5, 5.41) is 9.54. The number of rotatable bonds is 4. The van der Waals surface area contributed by atoms with E-state index in [-0.39, 0.29) is 6.03 Å². The number of thiophene rings is 1. The van der Waals surface area contributed by atoms with Gasteiger partial charge in [0.2, 0.25) is 0 Å². The number of pyridine rings is 1. The Morgan fingerprint density at radius 1 is 1.40 bits per heavy atom. The molecule has 5 nitrogen and oxygen atoms in total. The van der Waals surface area contributed by atoms with Crippen LogP contribution in [0.5, 0.6) is 0 Å². The molecule has 2 N–H and O–H groups in total. The van der Waals surface area contributed by atoms with Crippen LogP contribution in [-0.4, -0.2) is 25.1 Å². The van der Waals surface area contributed by atoms with Crippen molar-refractivity contribution in [2.45, 2.75) is 13.5 Å². The van der Waals surface area contributed by atoms with Gasteiger partial charge >= 0.3 is 6.03 Å². The zero-order valence-corrected chi connectivity index (χ0v) is 12.6. The number of hydrogen-bond acceptors (Lipinski definition) is 4. The fourth-order valence-corrected chi connectivity index (χ4v) is 2.45. The van der Waals surface area contributed by atoms with Gasteiger partial charge in [0.05, 0.1) is 17.9 Å². The lowest BCUT2D eigenvalue weighted by Crippen LogP contribution is -2.28. The molecule has 2 heterocycles. The summed E-state index contributed by atoms with van der Waals surface area (Å²) in [7, 11) is 3.94. The maximum atomic E-state index is 11.8. The zero-order chi connectivity index (χ0) is 14.5. The molecule has 0 saturated carbocycles. The van der Waals surface area contributed by atoms with Crippen molar-refractivity contribution in [1.29, 1.82) is 0 Å². The molecule has 0 aliphatic rings. The predicted molar refractivity (Wildman–Crippen MR) is 83.5 cm³/mol. The Morgan fingerprint density at radius 2 is 2.20 bits per heavy atom. The van der Waals surface area contributed by atoms with Crippen LogP contribution in [0.25, 0.3) is 0 Å². The molecule has 0 unspecified atom stereocenters. The molecule has 0 fully saturated rings. The Balaban J connectivity index is 1.90. The number of hydrogen-bond donors (Lipinski definition) is 2. The van der Waals surface area contributed by atoms with Gasteiger partial charge in [-0.15, -0.1) is 11.3 Å². The first-order valence-electron chi connectivity index (χ1n) is 6.26. The summed E-state index contributed by atoms with van der Waals surface area (Å²) in [6.45, 7) is 2.37. The molecular formula is C14H18N4OS. The fourth-order valence-electron chi connectivity index (χ4n) is 1.67. The molecule has 0 saturated heterocycles. The Hall–Kier alpha value is -2.08. The van der Waals surface area contributed by atoms with Crippen LogP contribution in [0.4, 0.5) is 16.2 Å². The molecule has 2 aromatic rings. The molecule has 0 bridgehead atoms. The van der Waals surface area contributed by atoms with Crippen molar-refractivity contribution in [2.24, 2.45) is 0 Å². The van der Waals surface area contributed by atoms with Gasteiger partial charge in [-0.3, -0.25) is 4.98 Å². The summed E-state index contributed by atoms with van der Waals surface area (Å²) >= 11 is 1.57. The highest BCUT2D eigenvalue weighted by molar-refractivity contribution is 7.08. The van der Waals surface area contributed by atoms with E-state index in [1.165, 1.54) is 0 Å². The van der Waals surface area contributed by atoms with E-state index in [9.17, 15) is 4.79 Å². The Labute approximate surface area is 122 Å². The summed E-state index contributed by atoms with van der Waals surface area (Å²) in [6.07, 6.45) is 1.74. The molecule has 2 rings (SSSR count). The SMILES string of the molecule is Cc1cscc1NC(=O)NCc1cc(N(C)C)ccn1. The van der Waals surface area contributed by atoms with Gasteiger partial charge in [0.15, 0.2) is 0 Å². The van der Waals surface area contributed by atoms with Gasteiger partial charge in [0.1, 0.15) is 0 Å². The summed E-state index contributed by atoms with van der Waals surface area (Å²) in [6, 6.07) is 3.66. The lowest BCUT2D eigenvalue weighted by molar-refractivity contribution is 0.251. The quantitative estimate of drug-likeness (QED) is 0.910. The van der Waals surface area contributed by atoms with Crippen LogP contribution >= 0.6 is 11.3 Å². The normalized spacial score (nSPS) is 10.2. The second kappa shape index (κ2) is 6.38. The lowest BCUT2D eigenvalue weighted by atomic mass is 10.3. The highest BCUT2D eigenvalue weighted by atomic mass is 32.1. The minimum absolute atomic E-state index is 0.219. The highest BCUT2D eigenvalue weighted by Gasteiger charge is 2.06. The smallest absolute Gasteiger partial charge is 0.319 e. The number of carbonyl (C=O) groups is 1. The standard InChI is InChI=1S/C14H18N4OS/c1-10-8-20-9-13(10)17-14(19)16-7-11-6-12(18(2)3)4-5-15-11/h4-6,8-9H,7H2,1-3H3,(H2,16,17,19). The van der Waals surface area contributed by atoms with E-state index in [0.29, 0.717) is 6.54 Å². The van der Waals surface area contributed by atoms with Crippen LogP contribution < -0.4 is 15.5 Å². The number of nitrogens with one attached hydrogen (secondary N) is 2. The van der Waals surface area contributed by atoms with E-state index in [1.807, 2.05) is 48.8 Å². The first kappa shape index (κ1) is 14.3. The largest absolute Gasteiger partial charge is 0.378 e. The number of aromatic nitrogens is 1. The van der Waals surface area contributed by atoms with Gasteiger partial charge in [-0.2, -0.15) is 0 Å². The van der Waals surface area contributed by atoms with Crippen molar-refractivity contribution < 1.29 is 4.79 Å². The van der Waals surface area contributed by atoms with Crippen molar-refractivity contribution in [2.75, 3.05) is 24.3 Å². The van der Waals surface area contributed by atoms with E-state index in [1.54, 1.807) is 17.5 Å². The molecular weight excluding hydrogens is 272 g/mol. The van der Waals surface area contributed by atoms with Gasteiger partial charge in [-0.1, -0.05) is 0 Å². The first-order valence-corrected chi connectivity index (χ1v) is 7.20. The predicted octanol–water partition coefficient (Wildman–Crippen LogP) is 2.84. The number of urea groups is 1. The number of carbonyl (C=O) groups excluding carboxylic acids is 1. The second-order valence-corrected chi connectivity index (χ2v) is 5.42. The van der Waals surface area contributed by atoms with Crippen LogP contribution in [0.15, 0.2) is 29.1 Å². The third-order valence-corrected chi connectivity index (χ3v) is 3.71. The Kier molecular flexibility index (Phi) is 4.57. The monoisotopic (exact) mass is 290 g/mol. The van der Waals surface area contributed by atoms with E-state index >= 15 is 0 Å². The second-order valence-electron chi connectivity index (χ2n) is 4.68. The van der Waals surface area contributed by atoms with Crippen molar-refractivity contribution in [3.05, 3.63) is 40.3 Å². The van der Waals surface area contributed by atoms with Crippen LogP contribution in [-0.2, 0) is 6.54 Å². The molecule has 2 aromatic heterocycles. The summed E-state index contributed by atoms with van der Waals surface area (Å²) < 4.78 is 0. The average Bonchev–Trinajstić information content (AvgIpc) is 2.82. The molecule has 6 heteroatoms. The molecule has 0 atom stereocenters. The van der Waals surface area contributed by atoms with Gasteiger partial charge in [-0.25, -0.2) is 4.79 Å². The zero-order valence-electron chi connectivity index (χ0n) is 11.8. The summed E-state index contributed by atoms with van der Waals surface area (Å²) in [4.78, 5) is 18.0. The maximum absolute atomic E-state index is 11.8. The van der Waals surface area contributed by atoms with Gasteiger partial charge in [0, 0.05) is 31.4 Å². The molecule has 0 aliphatic carbocycles. The summed E-state index contributed by atoms with van der Waals surface area (Å²) in [5.41, 5.74) is 3.81. The maximum Gasteiger partial charge on any atom is 0.319 e. The summed E-state index contributed by atoms with van der Waals surface area (Å²) in [5.74, 6) is 0. The van der Waals surface area contributed by atoms with Crippen molar-refractivity contribution in [3.63, 3.8) is 0 Å². The third kappa shape index (κ3) is 3.71. The molecule has 0 radical (unpaired) electrons. The average molecular weight is 290 g/mol. The van der Waals surface area contributed by atoms with E-state index in [0.717, 1.165) is 22.6 Å². The molecule has 2 amide bonds. The number of amides is 2. The van der Waals surface area contributed by atoms with E-state index < -0.39 is 0 Å². The van der Waals surface area contributed by atoms with E-state index in [2.05, 4.69) is 15.6 Å². The molecule has 106 valence electrons. The molecule has 0 aromatic carbocycles. The van der Waals surface area contributed by atoms with Crippen molar-refractivity contribution in [3.8, 4) is 0 Å². The third-order valence-electron chi connectivity index (χ3n) is 2.85. The van der Waals surface area contributed by atoms with Gasteiger partial charge < -0.3 is 15.5 Å². The van der Waals surface area contributed by atoms with Crippen molar-refractivity contribution >= 4 is 28.7 Å². The molecule has 20 heavy (non-hydrogen) atoms. The topological polar surface area (TPSA) is 57.3 Å². The van der Waals surface area contributed by atoms with E-state index in [4.69, 9.17) is 0 Å². The first-order chi connectivity index (χ1) is 9.56. The lowest BCUT2D eigenvalue weighted by Gasteiger charge is -2.13. The minimum atomic E-state index is -0.219. The number of nitrogens with zero attached hydrogens (tertiary/aromatic N) is 2. The van der Waals surface area contributed by atoms with Crippen LogP contribution in [0.3, 0.4) is 0 Å².